The standard InChI is InChI=1S/C14H20O3/c1-10(2)16-17-13(15)11-6-8-12(9-7-11)14(3,4)5/h6-10H,1-5H3. The Morgan fingerprint density at radius 2 is 1.65 bits per heavy atom. The van der Waals surface area contributed by atoms with Crippen LogP contribution in [0.2, 0.25) is 0 Å². The van der Waals surface area contributed by atoms with E-state index in [-0.39, 0.29) is 11.5 Å². The summed E-state index contributed by atoms with van der Waals surface area (Å²) in [4.78, 5) is 21.0. The lowest BCUT2D eigenvalue weighted by molar-refractivity contribution is -0.265. The van der Waals surface area contributed by atoms with Gasteiger partial charge in [0.1, 0.15) is 0 Å². The van der Waals surface area contributed by atoms with Gasteiger partial charge in [-0.1, -0.05) is 32.9 Å². The van der Waals surface area contributed by atoms with Crippen molar-refractivity contribution < 1.29 is 14.6 Å². The number of rotatable bonds is 3. The van der Waals surface area contributed by atoms with Crippen molar-refractivity contribution in [3.63, 3.8) is 0 Å². The molecule has 0 bridgehead atoms. The molecule has 0 atom stereocenters. The lowest BCUT2D eigenvalue weighted by Gasteiger charge is -2.18. The lowest BCUT2D eigenvalue weighted by Crippen LogP contribution is -2.13. The van der Waals surface area contributed by atoms with Crippen LogP contribution in [0.3, 0.4) is 0 Å². The summed E-state index contributed by atoms with van der Waals surface area (Å²) in [6.45, 7) is 9.98. The zero-order chi connectivity index (χ0) is 13.1. The van der Waals surface area contributed by atoms with Crippen LogP contribution in [0, 0.1) is 0 Å². The van der Waals surface area contributed by atoms with Crippen molar-refractivity contribution >= 4 is 5.97 Å². The summed E-state index contributed by atoms with van der Waals surface area (Å²) < 4.78 is 0. The van der Waals surface area contributed by atoms with E-state index in [9.17, 15) is 4.79 Å². The number of hydrogen-bond acceptors (Lipinski definition) is 3. The molecule has 0 aliphatic rings. The Labute approximate surface area is 103 Å². The van der Waals surface area contributed by atoms with E-state index in [1.807, 2.05) is 12.1 Å². The molecule has 3 nitrogen and oxygen atoms in total. The fourth-order valence-corrected chi connectivity index (χ4v) is 1.29. The third kappa shape index (κ3) is 4.19. The van der Waals surface area contributed by atoms with Gasteiger partial charge in [0.05, 0.1) is 11.7 Å². The van der Waals surface area contributed by atoms with Gasteiger partial charge in [-0.3, -0.25) is 4.89 Å². The summed E-state index contributed by atoms with van der Waals surface area (Å²) in [7, 11) is 0. The van der Waals surface area contributed by atoms with Crippen LogP contribution in [0.15, 0.2) is 24.3 Å². The molecule has 0 saturated heterocycles. The molecule has 1 rings (SSSR count). The van der Waals surface area contributed by atoms with Crippen molar-refractivity contribution in [1.29, 1.82) is 0 Å². The highest BCUT2D eigenvalue weighted by atomic mass is 17.2. The van der Waals surface area contributed by atoms with Gasteiger partial charge in [-0.05, 0) is 37.0 Å². The predicted molar refractivity (Wildman–Crippen MR) is 66.8 cm³/mol. The first-order chi connectivity index (χ1) is 7.80. The molecule has 0 fully saturated rings. The zero-order valence-electron chi connectivity index (χ0n) is 11.1. The Kier molecular flexibility index (Phi) is 4.29. The van der Waals surface area contributed by atoms with Crippen molar-refractivity contribution in [2.24, 2.45) is 0 Å². The van der Waals surface area contributed by atoms with Crippen molar-refractivity contribution in [2.45, 2.75) is 46.1 Å². The van der Waals surface area contributed by atoms with Crippen LogP contribution in [0.4, 0.5) is 0 Å². The van der Waals surface area contributed by atoms with Gasteiger partial charge < -0.3 is 0 Å². The molecule has 0 aromatic heterocycles. The second-order valence-corrected chi connectivity index (χ2v) is 5.34. The van der Waals surface area contributed by atoms with Crippen LogP contribution < -0.4 is 0 Å². The topological polar surface area (TPSA) is 35.5 Å². The molecule has 0 radical (unpaired) electrons. The van der Waals surface area contributed by atoms with Gasteiger partial charge in [-0.15, -0.1) is 0 Å². The Balaban J connectivity index is 2.71. The monoisotopic (exact) mass is 236 g/mol. The average Bonchev–Trinajstić information content (AvgIpc) is 2.25. The van der Waals surface area contributed by atoms with E-state index in [1.54, 1.807) is 26.0 Å². The van der Waals surface area contributed by atoms with Crippen molar-refractivity contribution in [3.8, 4) is 0 Å². The first kappa shape index (κ1) is 13.7. The fourth-order valence-electron chi connectivity index (χ4n) is 1.29. The van der Waals surface area contributed by atoms with Crippen LogP contribution in [-0.2, 0) is 15.2 Å². The summed E-state index contributed by atoms with van der Waals surface area (Å²) in [5, 5.41) is 0. The number of hydrogen-bond donors (Lipinski definition) is 0. The molecule has 0 spiro atoms. The van der Waals surface area contributed by atoms with Crippen LogP contribution in [0.5, 0.6) is 0 Å². The van der Waals surface area contributed by atoms with E-state index in [1.165, 1.54) is 5.56 Å². The molecule has 94 valence electrons. The number of carbonyl (C=O) groups is 1. The molecular weight excluding hydrogens is 216 g/mol. The third-order valence-electron chi connectivity index (χ3n) is 2.30. The summed E-state index contributed by atoms with van der Waals surface area (Å²) in [5.74, 6) is -0.459. The lowest BCUT2D eigenvalue weighted by atomic mass is 9.87. The normalized spacial score (nSPS) is 11.6. The molecule has 0 N–H and O–H groups in total. The van der Waals surface area contributed by atoms with Crippen LogP contribution in [0.1, 0.15) is 50.5 Å². The Bertz CT molecular complexity index is 371. The van der Waals surface area contributed by atoms with E-state index >= 15 is 0 Å². The zero-order valence-corrected chi connectivity index (χ0v) is 11.1. The maximum Gasteiger partial charge on any atom is 0.373 e. The van der Waals surface area contributed by atoms with Gasteiger partial charge >= 0.3 is 5.97 Å². The maximum absolute atomic E-state index is 11.6. The van der Waals surface area contributed by atoms with Gasteiger partial charge in [0, 0.05) is 0 Å². The minimum Gasteiger partial charge on any atom is -0.293 e. The molecule has 0 aliphatic carbocycles. The van der Waals surface area contributed by atoms with Gasteiger partial charge in [0.2, 0.25) is 0 Å². The van der Waals surface area contributed by atoms with E-state index in [2.05, 4.69) is 25.7 Å². The largest absolute Gasteiger partial charge is 0.373 e. The first-order valence-corrected chi connectivity index (χ1v) is 5.79. The van der Waals surface area contributed by atoms with Crippen molar-refractivity contribution in [2.75, 3.05) is 0 Å². The highest BCUT2D eigenvalue weighted by Gasteiger charge is 2.15. The minimum absolute atomic E-state index is 0.0802. The highest BCUT2D eigenvalue weighted by molar-refractivity contribution is 5.88. The highest BCUT2D eigenvalue weighted by Crippen LogP contribution is 2.22. The van der Waals surface area contributed by atoms with E-state index < -0.39 is 5.97 Å². The van der Waals surface area contributed by atoms with E-state index in [4.69, 9.17) is 4.89 Å². The Morgan fingerprint density at radius 3 is 2.06 bits per heavy atom. The summed E-state index contributed by atoms with van der Waals surface area (Å²) in [6.07, 6.45) is -0.132. The van der Waals surface area contributed by atoms with Gasteiger partial charge in [0.15, 0.2) is 0 Å². The molecule has 1 aromatic carbocycles. The molecule has 0 aliphatic heterocycles. The second kappa shape index (κ2) is 5.32. The molecule has 0 unspecified atom stereocenters. The molecule has 0 amide bonds. The minimum atomic E-state index is -0.459. The first-order valence-electron chi connectivity index (χ1n) is 5.79. The molecule has 0 saturated carbocycles. The van der Waals surface area contributed by atoms with Gasteiger partial charge in [-0.25, -0.2) is 4.79 Å². The van der Waals surface area contributed by atoms with Gasteiger partial charge in [0.25, 0.3) is 0 Å². The Morgan fingerprint density at radius 1 is 1.12 bits per heavy atom. The molecule has 17 heavy (non-hydrogen) atoms. The Hall–Kier alpha value is -1.35. The smallest absolute Gasteiger partial charge is 0.293 e. The quantitative estimate of drug-likeness (QED) is 0.595. The van der Waals surface area contributed by atoms with Crippen molar-refractivity contribution in [1.82, 2.24) is 0 Å². The summed E-state index contributed by atoms with van der Waals surface area (Å²) in [5.41, 5.74) is 1.76. The maximum atomic E-state index is 11.6. The fraction of sp³-hybridized carbons (Fsp3) is 0.500. The van der Waals surface area contributed by atoms with Crippen LogP contribution in [-0.4, -0.2) is 12.1 Å². The van der Waals surface area contributed by atoms with Gasteiger partial charge in [-0.2, -0.15) is 4.89 Å². The number of carbonyl (C=O) groups excluding carboxylic acids is 1. The summed E-state index contributed by atoms with van der Waals surface area (Å²) in [6, 6.07) is 7.39. The second-order valence-electron chi connectivity index (χ2n) is 5.34. The van der Waals surface area contributed by atoms with Crippen LogP contribution >= 0.6 is 0 Å². The van der Waals surface area contributed by atoms with Crippen LogP contribution in [0.25, 0.3) is 0 Å². The molecule has 3 heteroatoms. The molecular formula is C14H20O3. The van der Waals surface area contributed by atoms with Crippen molar-refractivity contribution in [3.05, 3.63) is 35.4 Å². The average molecular weight is 236 g/mol. The van der Waals surface area contributed by atoms with E-state index in [0.29, 0.717) is 5.56 Å². The number of benzene rings is 1. The molecule has 0 heterocycles. The predicted octanol–water partition coefficient (Wildman–Crippen LogP) is 3.48. The van der Waals surface area contributed by atoms with E-state index in [0.717, 1.165) is 0 Å². The summed E-state index contributed by atoms with van der Waals surface area (Å²) >= 11 is 0. The molecule has 1 aromatic rings. The SMILES string of the molecule is CC(C)OOC(=O)c1ccc(C(C)(C)C)cc1. The third-order valence-corrected chi connectivity index (χ3v) is 2.30.